The Kier molecular flexibility index (Phi) is 4.38. The maximum absolute atomic E-state index is 9.76. The van der Waals surface area contributed by atoms with Gasteiger partial charge in [0.1, 0.15) is 18.1 Å². The Morgan fingerprint density at radius 3 is 2.64 bits per heavy atom. The van der Waals surface area contributed by atoms with Gasteiger partial charge >= 0.3 is 0 Å². The lowest BCUT2D eigenvalue weighted by Crippen LogP contribution is -2.57. The van der Waals surface area contributed by atoms with Gasteiger partial charge in [-0.15, -0.1) is 0 Å². The van der Waals surface area contributed by atoms with Crippen LogP contribution >= 0.6 is 0 Å². The molecule has 25 heavy (non-hydrogen) atoms. The minimum atomic E-state index is -0.345. The van der Waals surface area contributed by atoms with Gasteiger partial charge in [-0.05, 0) is 36.2 Å². The maximum atomic E-state index is 9.76. The van der Waals surface area contributed by atoms with Crippen molar-refractivity contribution in [2.75, 3.05) is 13.1 Å². The van der Waals surface area contributed by atoms with Crippen LogP contribution in [0.15, 0.2) is 60.8 Å². The second-order valence-electron chi connectivity index (χ2n) is 6.52. The number of benzene rings is 2. The Balaban J connectivity index is 1.43. The minimum absolute atomic E-state index is 0.161. The number of ether oxygens (including phenoxy) is 1. The van der Waals surface area contributed by atoms with E-state index in [2.05, 4.69) is 29.2 Å². The van der Waals surface area contributed by atoms with E-state index in [1.807, 2.05) is 48.4 Å². The fourth-order valence-corrected chi connectivity index (χ4v) is 3.19. The third kappa shape index (κ3) is 3.36. The lowest BCUT2D eigenvalue weighted by Gasteiger charge is -2.41. The molecule has 1 fully saturated rings. The molecule has 0 spiro atoms. The largest absolute Gasteiger partial charge is 0.488 e. The molecule has 3 aromatic rings. The summed E-state index contributed by atoms with van der Waals surface area (Å²) in [5.41, 5.74) is 3.24. The molecule has 0 radical (unpaired) electrons. The highest BCUT2D eigenvalue weighted by molar-refractivity contribution is 5.83. The van der Waals surface area contributed by atoms with Gasteiger partial charge in [0.15, 0.2) is 0 Å². The summed E-state index contributed by atoms with van der Waals surface area (Å²) in [4.78, 5) is 6.55. The first kappa shape index (κ1) is 16.1. The Labute approximate surface area is 147 Å². The summed E-state index contributed by atoms with van der Waals surface area (Å²) in [7, 11) is 0. The SMILES string of the molecule is CCC(O)N1CC(Oc2ccc(-c3cnc4ccccc4c3)cc2)C1. The Bertz CT molecular complexity index is 857. The van der Waals surface area contributed by atoms with Crippen molar-refractivity contribution in [2.24, 2.45) is 0 Å². The monoisotopic (exact) mass is 334 g/mol. The number of hydrogen-bond acceptors (Lipinski definition) is 4. The van der Waals surface area contributed by atoms with E-state index in [0.29, 0.717) is 0 Å². The van der Waals surface area contributed by atoms with Crippen molar-refractivity contribution in [1.29, 1.82) is 0 Å². The summed E-state index contributed by atoms with van der Waals surface area (Å²) in [6.45, 7) is 3.55. The van der Waals surface area contributed by atoms with Gasteiger partial charge in [0.05, 0.1) is 5.52 Å². The van der Waals surface area contributed by atoms with Crippen molar-refractivity contribution in [2.45, 2.75) is 25.7 Å². The minimum Gasteiger partial charge on any atom is -0.488 e. The predicted molar refractivity (Wildman–Crippen MR) is 99.5 cm³/mol. The summed E-state index contributed by atoms with van der Waals surface area (Å²) in [5.74, 6) is 0.869. The lowest BCUT2D eigenvalue weighted by molar-refractivity contribution is -0.0907. The summed E-state index contributed by atoms with van der Waals surface area (Å²) < 4.78 is 5.97. The van der Waals surface area contributed by atoms with Crippen LogP contribution in [-0.2, 0) is 0 Å². The average Bonchev–Trinajstić information content (AvgIpc) is 2.64. The van der Waals surface area contributed by atoms with Crippen LogP contribution < -0.4 is 4.74 Å². The highest BCUT2D eigenvalue weighted by Crippen LogP contribution is 2.26. The molecule has 2 aromatic carbocycles. The first-order valence-electron chi connectivity index (χ1n) is 8.77. The fourth-order valence-electron chi connectivity index (χ4n) is 3.19. The molecule has 128 valence electrons. The van der Waals surface area contributed by atoms with Gasteiger partial charge in [0.2, 0.25) is 0 Å². The van der Waals surface area contributed by atoms with Crippen molar-refractivity contribution in [3.8, 4) is 16.9 Å². The van der Waals surface area contributed by atoms with Crippen molar-refractivity contribution < 1.29 is 9.84 Å². The number of aliphatic hydroxyl groups is 1. The molecule has 1 N–H and O–H groups in total. The summed E-state index contributed by atoms with van der Waals surface area (Å²) in [6.07, 6.45) is 2.48. The normalized spacial score (nSPS) is 16.6. The Hall–Kier alpha value is -2.43. The van der Waals surface area contributed by atoms with Crippen molar-refractivity contribution in [1.82, 2.24) is 9.88 Å². The van der Waals surface area contributed by atoms with Crippen LogP contribution in [-0.4, -0.2) is 40.4 Å². The maximum Gasteiger partial charge on any atom is 0.124 e. The lowest BCUT2D eigenvalue weighted by atomic mass is 10.1. The van der Waals surface area contributed by atoms with Gasteiger partial charge in [-0.25, -0.2) is 0 Å². The number of pyridine rings is 1. The topological polar surface area (TPSA) is 45.6 Å². The Morgan fingerprint density at radius 2 is 1.88 bits per heavy atom. The van der Waals surface area contributed by atoms with E-state index >= 15 is 0 Å². The van der Waals surface area contributed by atoms with Gasteiger partial charge < -0.3 is 9.84 Å². The molecule has 1 aromatic heterocycles. The van der Waals surface area contributed by atoms with E-state index in [4.69, 9.17) is 4.74 Å². The number of nitrogens with zero attached hydrogens (tertiary/aromatic N) is 2. The van der Waals surface area contributed by atoms with Gasteiger partial charge in [0, 0.05) is 30.2 Å². The van der Waals surface area contributed by atoms with Crippen LogP contribution in [0.5, 0.6) is 5.75 Å². The summed E-state index contributed by atoms with van der Waals surface area (Å²) in [6, 6.07) is 18.4. The standard InChI is InChI=1S/C21H22N2O2/c1-2-21(24)23-13-19(14-23)25-18-9-7-15(8-10-18)17-11-16-5-3-4-6-20(16)22-12-17/h3-12,19,21,24H,2,13-14H2,1H3. The van der Waals surface area contributed by atoms with E-state index in [1.54, 1.807) is 0 Å². The van der Waals surface area contributed by atoms with Crippen LogP contribution in [0.2, 0.25) is 0 Å². The Morgan fingerprint density at radius 1 is 1.12 bits per heavy atom. The highest BCUT2D eigenvalue weighted by atomic mass is 16.5. The number of aliphatic hydroxyl groups excluding tert-OH is 1. The van der Waals surface area contributed by atoms with E-state index in [0.717, 1.165) is 47.3 Å². The number of para-hydroxylation sites is 1. The van der Waals surface area contributed by atoms with Gasteiger partial charge in [-0.2, -0.15) is 0 Å². The molecule has 1 aliphatic rings. The molecule has 4 rings (SSSR count). The summed E-state index contributed by atoms with van der Waals surface area (Å²) >= 11 is 0. The number of hydrogen-bond donors (Lipinski definition) is 1. The number of likely N-dealkylation sites (tertiary alicyclic amines) is 1. The van der Waals surface area contributed by atoms with E-state index < -0.39 is 0 Å². The average molecular weight is 334 g/mol. The molecule has 0 aliphatic carbocycles. The zero-order valence-corrected chi connectivity index (χ0v) is 14.3. The van der Waals surface area contributed by atoms with E-state index in [9.17, 15) is 5.11 Å². The first-order chi connectivity index (χ1) is 12.2. The van der Waals surface area contributed by atoms with Crippen LogP contribution in [0.25, 0.3) is 22.0 Å². The molecule has 0 bridgehead atoms. The molecule has 2 heterocycles. The molecule has 0 saturated carbocycles. The third-order valence-corrected chi connectivity index (χ3v) is 4.74. The van der Waals surface area contributed by atoms with Crippen LogP contribution in [0.3, 0.4) is 0 Å². The molecule has 0 amide bonds. The van der Waals surface area contributed by atoms with Crippen LogP contribution in [0.4, 0.5) is 0 Å². The highest BCUT2D eigenvalue weighted by Gasteiger charge is 2.32. The van der Waals surface area contributed by atoms with E-state index in [-0.39, 0.29) is 12.3 Å². The predicted octanol–water partition coefficient (Wildman–Crippen LogP) is 3.69. The molecular weight excluding hydrogens is 312 g/mol. The van der Waals surface area contributed by atoms with Gasteiger partial charge in [-0.1, -0.05) is 37.3 Å². The van der Waals surface area contributed by atoms with Crippen molar-refractivity contribution in [3.63, 3.8) is 0 Å². The zero-order valence-electron chi connectivity index (χ0n) is 14.3. The number of aromatic nitrogens is 1. The molecule has 1 aliphatic heterocycles. The zero-order chi connectivity index (χ0) is 17.2. The van der Waals surface area contributed by atoms with Crippen LogP contribution in [0.1, 0.15) is 13.3 Å². The number of fused-ring (bicyclic) bond motifs is 1. The first-order valence-corrected chi connectivity index (χ1v) is 8.77. The third-order valence-electron chi connectivity index (χ3n) is 4.74. The fraction of sp³-hybridized carbons (Fsp3) is 0.286. The van der Waals surface area contributed by atoms with E-state index in [1.165, 1.54) is 0 Å². The summed E-state index contributed by atoms with van der Waals surface area (Å²) in [5, 5.41) is 10.9. The van der Waals surface area contributed by atoms with Gasteiger partial charge in [-0.3, -0.25) is 9.88 Å². The van der Waals surface area contributed by atoms with Gasteiger partial charge in [0.25, 0.3) is 0 Å². The van der Waals surface area contributed by atoms with Crippen LogP contribution in [0, 0.1) is 0 Å². The van der Waals surface area contributed by atoms with Crippen molar-refractivity contribution >= 4 is 10.9 Å². The van der Waals surface area contributed by atoms with Crippen molar-refractivity contribution in [3.05, 3.63) is 60.8 Å². The molecular formula is C21H22N2O2. The molecule has 1 saturated heterocycles. The second kappa shape index (κ2) is 6.82. The molecule has 4 heteroatoms. The smallest absolute Gasteiger partial charge is 0.124 e. The molecule has 4 nitrogen and oxygen atoms in total. The molecule has 1 atom stereocenters. The second-order valence-corrected chi connectivity index (χ2v) is 6.52. The quantitative estimate of drug-likeness (QED) is 0.773. The molecule has 1 unspecified atom stereocenters. The number of rotatable bonds is 5.